The summed E-state index contributed by atoms with van der Waals surface area (Å²) in [6, 6.07) is 7.19. The van der Waals surface area contributed by atoms with Crippen LogP contribution >= 0.6 is 0 Å². The van der Waals surface area contributed by atoms with E-state index in [-0.39, 0.29) is 24.9 Å². The van der Waals surface area contributed by atoms with Crippen molar-refractivity contribution in [3.05, 3.63) is 52.4 Å². The number of aliphatic hydroxyl groups excluding tert-OH is 1. The minimum absolute atomic E-state index is 0.136. The third-order valence-corrected chi connectivity index (χ3v) is 4.32. The molecule has 7 heteroatoms. The molecule has 7 nitrogen and oxygen atoms in total. The second-order valence-electron chi connectivity index (χ2n) is 6.69. The number of rotatable bonds is 7. The number of ether oxygens (including phenoxy) is 3. The Morgan fingerprint density at radius 3 is 2.29 bits per heavy atom. The number of esters is 2. The SMILES string of the molecule is COc1ccccc1C1C(C(=O)OCCO)=C(C)NC(C)=C1C(=O)OC(C)C. The molecule has 1 aromatic rings. The highest BCUT2D eigenvalue weighted by molar-refractivity contribution is 6.00. The van der Waals surface area contributed by atoms with Gasteiger partial charge in [0.05, 0.1) is 36.9 Å². The Labute approximate surface area is 165 Å². The fourth-order valence-electron chi connectivity index (χ4n) is 3.24. The van der Waals surface area contributed by atoms with Crippen LogP contribution in [0.4, 0.5) is 0 Å². The minimum Gasteiger partial charge on any atom is -0.496 e. The second kappa shape index (κ2) is 9.41. The van der Waals surface area contributed by atoms with Crippen LogP contribution in [0, 0.1) is 0 Å². The van der Waals surface area contributed by atoms with E-state index in [0.29, 0.717) is 28.3 Å². The number of benzene rings is 1. The van der Waals surface area contributed by atoms with Gasteiger partial charge in [-0.2, -0.15) is 0 Å². The summed E-state index contributed by atoms with van der Waals surface area (Å²) < 4.78 is 16.1. The van der Waals surface area contributed by atoms with Crippen LogP contribution in [0.2, 0.25) is 0 Å². The Morgan fingerprint density at radius 2 is 1.71 bits per heavy atom. The molecule has 0 amide bonds. The van der Waals surface area contributed by atoms with E-state index >= 15 is 0 Å². The van der Waals surface area contributed by atoms with Gasteiger partial charge in [-0.1, -0.05) is 18.2 Å². The lowest BCUT2D eigenvalue weighted by Crippen LogP contribution is -2.33. The predicted octanol–water partition coefficient (Wildman–Crippen LogP) is 2.42. The molecule has 0 bridgehead atoms. The second-order valence-corrected chi connectivity index (χ2v) is 6.69. The maximum Gasteiger partial charge on any atom is 0.337 e. The molecule has 1 aliphatic rings. The van der Waals surface area contributed by atoms with Crippen LogP contribution in [0.25, 0.3) is 0 Å². The van der Waals surface area contributed by atoms with Gasteiger partial charge in [0.15, 0.2) is 0 Å². The van der Waals surface area contributed by atoms with Crippen LogP contribution in [0.5, 0.6) is 5.75 Å². The first-order valence-corrected chi connectivity index (χ1v) is 9.12. The first-order valence-electron chi connectivity index (χ1n) is 9.12. The van der Waals surface area contributed by atoms with Crippen LogP contribution in [0.1, 0.15) is 39.2 Å². The monoisotopic (exact) mass is 389 g/mol. The first kappa shape index (κ1) is 21.5. The van der Waals surface area contributed by atoms with Gasteiger partial charge < -0.3 is 24.6 Å². The van der Waals surface area contributed by atoms with Crippen LogP contribution in [-0.4, -0.2) is 43.5 Å². The summed E-state index contributed by atoms with van der Waals surface area (Å²) in [6.07, 6.45) is -0.317. The molecule has 1 aliphatic heterocycles. The van der Waals surface area contributed by atoms with Gasteiger partial charge in [-0.05, 0) is 33.8 Å². The molecule has 1 heterocycles. The molecule has 0 fully saturated rings. The van der Waals surface area contributed by atoms with E-state index in [1.54, 1.807) is 39.8 Å². The first-order chi connectivity index (χ1) is 13.3. The Bertz CT molecular complexity index is 809. The number of methoxy groups -OCH3 is 1. The maximum absolute atomic E-state index is 12.9. The normalized spacial score (nSPS) is 16.8. The summed E-state index contributed by atoms with van der Waals surface area (Å²) in [4.78, 5) is 25.7. The fourth-order valence-corrected chi connectivity index (χ4v) is 3.24. The molecular weight excluding hydrogens is 362 g/mol. The van der Waals surface area contributed by atoms with Crippen molar-refractivity contribution < 1.29 is 28.9 Å². The van der Waals surface area contributed by atoms with E-state index in [2.05, 4.69) is 5.32 Å². The van der Waals surface area contributed by atoms with Crippen molar-refractivity contribution in [2.24, 2.45) is 0 Å². The fraction of sp³-hybridized carbons (Fsp3) is 0.429. The van der Waals surface area contributed by atoms with Gasteiger partial charge in [0, 0.05) is 17.0 Å². The van der Waals surface area contributed by atoms with Crippen molar-refractivity contribution in [3.63, 3.8) is 0 Å². The van der Waals surface area contributed by atoms with Crippen molar-refractivity contribution in [1.82, 2.24) is 5.32 Å². The molecule has 1 atom stereocenters. The lowest BCUT2D eigenvalue weighted by atomic mass is 9.80. The molecule has 0 saturated heterocycles. The van der Waals surface area contributed by atoms with Gasteiger partial charge in [-0.3, -0.25) is 0 Å². The Hall–Kier alpha value is -2.80. The number of aliphatic hydroxyl groups is 1. The third-order valence-electron chi connectivity index (χ3n) is 4.32. The smallest absolute Gasteiger partial charge is 0.337 e. The zero-order chi connectivity index (χ0) is 20.8. The highest BCUT2D eigenvalue weighted by atomic mass is 16.5. The highest BCUT2D eigenvalue weighted by Crippen LogP contribution is 2.42. The molecule has 28 heavy (non-hydrogen) atoms. The number of hydrogen-bond acceptors (Lipinski definition) is 7. The standard InChI is InChI=1S/C21H27NO6/c1-12(2)28-21(25)18-14(4)22-13(3)17(20(24)27-11-10-23)19(18)15-8-6-7-9-16(15)26-5/h6-9,12,19,22-23H,10-11H2,1-5H3. The zero-order valence-corrected chi connectivity index (χ0v) is 16.9. The van der Waals surface area contributed by atoms with Gasteiger partial charge in [-0.25, -0.2) is 9.59 Å². The van der Waals surface area contributed by atoms with Crippen molar-refractivity contribution in [1.29, 1.82) is 0 Å². The largest absolute Gasteiger partial charge is 0.496 e. The van der Waals surface area contributed by atoms with E-state index in [1.165, 1.54) is 7.11 Å². The van der Waals surface area contributed by atoms with Gasteiger partial charge in [0.1, 0.15) is 12.4 Å². The van der Waals surface area contributed by atoms with Gasteiger partial charge in [0.25, 0.3) is 0 Å². The molecular formula is C21H27NO6. The Kier molecular flexibility index (Phi) is 7.23. The molecule has 0 saturated carbocycles. The zero-order valence-electron chi connectivity index (χ0n) is 16.9. The summed E-state index contributed by atoms with van der Waals surface area (Å²) in [5.74, 6) is -1.32. The minimum atomic E-state index is -0.727. The number of carbonyl (C=O) groups is 2. The Balaban J connectivity index is 2.65. The van der Waals surface area contributed by atoms with E-state index in [0.717, 1.165) is 0 Å². The summed E-state index contributed by atoms with van der Waals surface area (Å²) in [6.45, 7) is 6.61. The molecule has 0 aliphatic carbocycles. The number of hydrogen-bond donors (Lipinski definition) is 2. The number of allylic oxidation sites excluding steroid dienone is 2. The van der Waals surface area contributed by atoms with Crippen molar-refractivity contribution >= 4 is 11.9 Å². The average Bonchev–Trinajstić information content (AvgIpc) is 2.64. The van der Waals surface area contributed by atoms with Crippen LogP contribution in [-0.2, 0) is 19.1 Å². The van der Waals surface area contributed by atoms with E-state index < -0.39 is 17.9 Å². The van der Waals surface area contributed by atoms with Crippen LogP contribution < -0.4 is 10.1 Å². The quantitative estimate of drug-likeness (QED) is 0.692. The Morgan fingerprint density at radius 1 is 1.11 bits per heavy atom. The van der Waals surface area contributed by atoms with E-state index in [1.807, 2.05) is 12.1 Å². The van der Waals surface area contributed by atoms with Crippen molar-refractivity contribution in [2.75, 3.05) is 20.3 Å². The number of para-hydroxylation sites is 1. The van der Waals surface area contributed by atoms with Crippen molar-refractivity contribution in [3.8, 4) is 5.75 Å². The number of carbonyl (C=O) groups excluding carboxylic acids is 2. The topological polar surface area (TPSA) is 94.1 Å². The van der Waals surface area contributed by atoms with Crippen LogP contribution in [0.3, 0.4) is 0 Å². The number of dihydropyridines is 1. The lowest BCUT2D eigenvalue weighted by Gasteiger charge is -2.31. The number of nitrogens with one attached hydrogen (secondary N) is 1. The van der Waals surface area contributed by atoms with E-state index in [4.69, 9.17) is 19.3 Å². The maximum atomic E-state index is 12.9. The molecule has 152 valence electrons. The molecule has 1 unspecified atom stereocenters. The molecule has 2 rings (SSSR count). The van der Waals surface area contributed by atoms with Gasteiger partial charge in [0.2, 0.25) is 0 Å². The van der Waals surface area contributed by atoms with Gasteiger partial charge >= 0.3 is 11.9 Å². The summed E-state index contributed by atoms with van der Waals surface area (Å²) in [7, 11) is 1.53. The summed E-state index contributed by atoms with van der Waals surface area (Å²) in [5, 5.41) is 12.1. The predicted molar refractivity (Wildman–Crippen MR) is 104 cm³/mol. The average molecular weight is 389 g/mol. The summed E-state index contributed by atoms with van der Waals surface area (Å²) in [5.41, 5.74) is 2.41. The molecule has 0 radical (unpaired) electrons. The highest BCUT2D eigenvalue weighted by Gasteiger charge is 2.39. The van der Waals surface area contributed by atoms with Gasteiger partial charge in [-0.15, -0.1) is 0 Å². The molecule has 0 aromatic heterocycles. The molecule has 2 N–H and O–H groups in total. The van der Waals surface area contributed by atoms with E-state index in [9.17, 15) is 9.59 Å². The third kappa shape index (κ3) is 4.54. The molecule has 0 spiro atoms. The van der Waals surface area contributed by atoms with Crippen molar-refractivity contribution in [2.45, 2.75) is 39.7 Å². The van der Waals surface area contributed by atoms with Crippen LogP contribution in [0.15, 0.2) is 46.8 Å². The lowest BCUT2D eigenvalue weighted by molar-refractivity contribution is -0.143. The molecule has 1 aromatic carbocycles. The summed E-state index contributed by atoms with van der Waals surface area (Å²) >= 11 is 0.